The molecule has 5 nitrogen and oxygen atoms in total. The second-order valence-electron chi connectivity index (χ2n) is 4.47. The Morgan fingerprint density at radius 3 is 2.82 bits per heavy atom. The molecule has 0 aromatic heterocycles. The van der Waals surface area contributed by atoms with E-state index in [0.29, 0.717) is 12.3 Å². The first-order chi connectivity index (χ1) is 7.96. The summed E-state index contributed by atoms with van der Waals surface area (Å²) >= 11 is 0. The first-order valence-corrected chi connectivity index (χ1v) is 5.55. The van der Waals surface area contributed by atoms with Crippen molar-refractivity contribution in [1.82, 2.24) is 4.90 Å². The van der Waals surface area contributed by atoms with Crippen molar-refractivity contribution in [3.05, 3.63) is 24.1 Å². The molecule has 0 saturated carbocycles. The highest BCUT2D eigenvalue weighted by atomic mass is 16.7. The smallest absolute Gasteiger partial charge is 0.337 e. The van der Waals surface area contributed by atoms with E-state index in [-0.39, 0.29) is 12.3 Å². The van der Waals surface area contributed by atoms with Crippen LogP contribution in [0.4, 0.5) is 0 Å². The van der Waals surface area contributed by atoms with Crippen molar-refractivity contribution in [2.45, 2.75) is 32.5 Å². The average molecular weight is 237 g/mol. The third-order valence-corrected chi connectivity index (χ3v) is 2.47. The highest BCUT2D eigenvalue weighted by Crippen LogP contribution is 2.24. The fraction of sp³-hybridized carbons (Fsp3) is 0.500. The van der Waals surface area contributed by atoms with Gasteiger partial charge in [-0.2, -0.15) is 0 Å². The number of carbonyl (C=O) groups excluding carboxylic acids is 2. The number of nitrogens with zero attached hydrogens (tertiary/aromatic N) is 1. The van der Waals surface area contributed by atoms with Gasteiger partial charge in [-0.3, -0.25) is 4.79 Å². The van der Waals surface area contributed by atoms with Crippen molar-refractivity contribution in [2.75, 3.05) is 6.54 Å². The number of hydrogen-bond acceptors (Lipinski definition) is 4. The van der Waals surface area contributed by atoms with Crippen LogP contribution in [-0.4, -0.2) is 29.1 Å². The van der Waals surface area contributed by atoms with E-state index >= 15 is 0 Å². The molecule has 92 valence electrons. The van der Waals surface area contributed by atoms with Crippen molar-refractivity contribution in [2.24, 2.45) is 0 Å². The number of carbonyl (C=O) groups is 2. The second kappa shape index (κ2) is 4.24. The van der Waals surface area contributed by atoms with Crippen LogP contribution in [0.15, 0.2) is 24.1 Å². The van der Waals surface area contributed by atoms with Crippen LogP contribution in [0.25, 0.3) is 0 Å². The molecule has 0 bridgehead atoms. The Labute approximate surface area is 99.7 Å². The molecule has 0 atom stereocenters. The summed E-state index contributed by atoms with van der Waals surface area (Å²) in [4.78, 5) is 24.7. The lowest BCUT2D eigenvalue weighted by molar-refractivity contribution is -0.205. The Morgan fingerprint density at radius 2 is 2.24 bits per heavy atom. The molecule has 0 N–H and O–H groups in total. The van der Waals surface area contributed by atoms with Gasteiger partial charge < -0.3 is 14.4 Å². The van der Waals surface area contributed by atoms with Crippen LogP contribution in [-0.2, 0) is 19.1 Å². The summed E-state index contributed by atoms with van der Waals surface area (Å²) in [5.74, 6) is -1.18. The lowest BCUT2D eigenvalue weighted by atomic mass is 10.2. The molecule has 17 heavy (non-hydrogen) atoms. The Hall–Kier alpha value is -1.78. The van der Waals surface area contributed by atoms with E-state index in [9.17, 15) is 9.59 Å². The third kappa shape index (κ3) is 2.87. The van der Waals surface area contributed by atoms with Crippen LogP contribution in [0, 0.1) is 0 Å². The van der Waals surface area contributed by atoms with E-state index in [4.69, 9.17) is 9.47 Å². The fourth-order valence-electron chi connectivity index (χ4n) is 1.80. The molecular formula is C12H15NO4. The van der Waals surface area contributed by atoms with E-state index in [2.05, 4.69) is 0 Å². The maximum Gasteiger partial charge on any atom is 0.337 e. The van der Waals surface area contributed by atoms with Crippen LogP contribution >= 0.6 is 0 Å². The molecule has 0 unspecified atom stereocenters. The molecule has 0 aliphatic carbocycles. The number of amides is 1. The zero-order valence-electron chi connectivity index (χ0n) is 9.93. The Kier molecular flexibility index (Phi) is 2.92. The van der Waals surface area contributed by atoms with Gasteiger partial charge in [0.15, 0.2) is 0 Å². The normalized spacial score (nSPS) is 21.9. The largest absolute Gasteiger partial charge is 0.456 e. The van der Waals surface area contributed by atoms with Gasteiger partial charge in [0.2, 0.25) is 11.7 Å². The van der Waals surface area contributed by atoms with Gasteiger partial charge in [0.25, 0.3) is 0 Å². The van der Waals surface area contributed by atoms with E-state index in [1.807, 2.05) is 6.08 Å². The van der Waals surface area contributed by atoms with Crippen LogP contribution < -0.4 is 0 Å². The van der Waals surface area contributed by atoms with Crippen LogP contribution in [0.5, 0.6) is 0 Å². The quantitative estimate of drug-likeness (QED) is 0.679. The van der Waals surface area contributed by atoms with Gasteiger partial charge in [-0.05, 0) is 6.42 Å². The highest BCUT2D eigenvalue weighted by molar-refractivity contribution is 5.86. The number of ether oxygens (including phenoxy) is 2. The summed E-state index contributed by atoms with van der Waals surface area (Å²) in [5.41, 5.74) is 0. The van der Waals surface area contributed by atoms with Crippen molar-refractivity contribution < 1.29 is 19.1 Å². The summed E-state index contributed by atoms with van der Waals surface area (Å²) in [7, 11) is 0. The first kappa shape index (κ1) is 11.7. The lowest BCUT2D eigenvalue weighted by Gasteiger charge is -2.30. The van der Waals surface area contributed by atoms with Crippen molar-refractivity contribution in [1.29, 1.82) is 0 Å². The molecule has 2 aliphatic rings. The third-order valence-electron chi connectivity index (χ3n) is 2.47. The summed E-state index contributed by atoms with van der Waals surface area (Å²) in [6.07, 6.45) is 5.88. The first-order valence-electron chi connectivity index (χ1n) is 5.55. The minimum atomic E-state index is -0.998. The maximum absolute atomic E-state index is 11.8. The molecule has 1 amide bonds. The van der Waals surface area contributed by atoms with Gasteiger partial charge >= 0.3 is 5.97 Å². The van der Waals surface area contributed by atoms with Gasteiger partial charge in [0, 0.05) is 26.6 Å². The number of cyclic esters (lactones) is 1. The molecule has 0 saturated heterocycles. The van der Waals surface area contributed by atoms with Gasteiger partial charge in [0.05, 0.1) is 12.5 Å². The highest BCUT2D eigenvalue weighted by Gasteiger charge is 2.31. The Morgan fingerprint density at radius 1 is 1.47 bits per heavy atom. The summed E-state index contributed by atoms with van der Waals surface area (Å²) < 4.78 is 10.4. The molecule has 0 aromatic rings. The van der Waals surface area contributed by atoms with Crippen LogP contribution in [0.3, 0.4) is 0 Å². The average Bonchev–Trinajstić information content (AvgIpc) is 2.65. The number of rotatable bonds is 2. The standard InChI is InChI=1S/C12H15NO4/c1-12(2)16-9(8-11(15)17-12)7-10(14)13-5-3-4-6-13/h3,5,8H,4,6-7H2,1-2H3. The zero-order chi connectivity index (χ0) is 12.5. The molecule has 2 heterocycles. The summed E-state index contributed by atoms with van der Waals surface area (Å²) in [6.45, 7) is 3.97. The Balaban J connectivity index is 2.01. The zero-order valence-corrected chi connectivity index (χ0v) is 9.93. The molecule has 2 rings (SSSR count). The SMILES string of the molecule is CC1(C)OC(=O)C=C(CC(=O)N2C=CCC2)O1. The van der Waals surface area contributed by atoms with Crippen LogP contribution in [0.2, 0.25) is 0 Å². The van der Waals surface area contributed by atoms with E-state index < -0.39 is 11.8 Å². The van der Waals surface area contributed by atoms with E-state index in [1.165, 1.54) is 6.08 Å². The predicted octanol–water partition coefficient (Wildman–Crippen LogP) is 1.32. The molecule has 0 fully saturated rings. The van der Waals surface area contributed by atoms with Crippen LogP contribution in [0.1, 0.15) is 26.7 Å². The van der Waals surface area contributed by atoms with Gasteiger partial charge in [-0.25, -0.2) is 4.79 Å². The van der Waals surface area contributed by atoms with Gasteiger partial charge in [0.1, 0.15) is 5.76 Å². The lowest BCUT2D eigenvalue weighted by Crippen LogP contribution is -2.35. The molecule has 0 radical (unpaired) electrons. The summed E-state index contributed by atoms with van der Waals surface area (Å²) in [6, 6.07) is 0. The minimum absolute atomic E-state index is 0.0736. The van der Waals surface area contributed by atoms with Crippen molar-refractivity contribution >= 4 is 11.9 Å². The minimum Gasteiger partial charge on any atom is -0.456 e. The predicted molar refractivity (Wildman–Crippen MR) is 59.4 cm³/mol. The van der Waals surface area contributed by atoms with Gasteiger partial charge in [-0.1, -0.05) is 6.08 Å². The number of esters is 1. The van der Waals surface area contributed by atoms with Gasteiger partial charge in [-0.15, -0.1) is 0 Å². The molecule has 5 heteroatoms. The molecule has 0 spiro atoms. The second-order valence-corrected chi connectivity index (χ2v) is 4.47. The van der Waals surface area contributed by atoms with E-state index in [0.717, 1.165) is 6.42 Å². The monoisotopic (exact) mass is 237 g/mol. The number of hydrogen-bond donors (Lipinski definition) is 0. The van der Waals surface area contributed by atoms with E-state index in [1.54, 1.807) is 24.9 Å². The Bertz CT molecular complexity index is 409. The fourth-order valence-corrected chi connectivity index (χ4v) is 1.80. The molecule has 2 aliphatic heterocycles. The molecular weight excluding hydrogens is 222 g/mol. The van der Waals surface area contributed by atoms with Crippen molar-refractivity contribution in [3.63, 3.8) is 0 Å². The topological polar surface area (TPSA) is 55.8 Å². The summed E-state index contributed by atoms with van der Waals surface area (Å²) in [5, 5.41) is 0. The van der Waals surface area contributed by atoms with Crippen molar-refractivity contribution in [3.8, 4) is 0 Å². The molecule has 0 aromatic carbocycles. The maximum atomic E-state index is 11.8.